The van der Waals surface area contributed by atoms with Crippen molar-refractivity contribution in [1.82, 2.24) is 9.62 Å². The van der Waals surface area contributed by atoms with Gasteiger partial charge >= 0.3 is 0 Å². The van der Waals surface area contributed by atoms with Gasteiger partial charge in [0.05, 0.1) is 11.4 Å². The van der Waals surface area contributed by atoms with Gasteiger partial charge in [0, 0.05) is 18.7 Å². The fourth-order valence-electron chi connectivity index (χ4n) is 3.23. The molecule has 0 unspecified atom stereocenters. The summed E-state index contributed by atoms with van der Waals surface area (Å²) in [5.41, 5.74) is 2.01. The molecule has 1 fully saturated rings. The van der Waals surface area contributed by atoms with E-state index < -0.39 is 10.0 Å². The molecule has 2 aromatic rings. The van der Waals surface area contributed by atoms with Crippen molar-refractivity contribution in [2.24, 2.45) is 0 Å². The second kappa shape index (κ2) is 8.75. The maximum Gasteiger partial charge on any atom is 0.251 e. The highest BCUT2D eigenvalue weighted by molar-refractivity contribution is 7.89. The van der Waals surface area contributed by atoms with Gasteiger partial charge in [-0.1, -0.05) is 24.3 Å². The predicted octanol–water partition coefficient (Wildman–Crippen LogP) is 2.90. The molecule has 1 aliphatic heterocycles. The molecule has 6 nitrogen and oxygen atoms in total. The maximum absolute atomic E-state index is 12.9. The summed E-state index contributed by atoms with van der Waals surface area (Å²) >= 11 is 0. The van der Waals surface area contributed by atoms with Gasteiger partial charge in [0.2, 0.25) is 10.0 Å². The lowest BCUT2D eigenvalue weighted by atomic mass is 10.1. The third-order valence-electron chi connectivity index (χ3n) is 4.87. The van der Waals surface area contributed by atoms with Crippen molar-refractivity contribution in [3.05, 3.63) is 59.2 Å². The van der Waals surface area contributed by atoms with Crippen molar-refractivity contribution in [3.63, 3.8) is 0 Å². The van der Waals surface area contributed by atoms with Gasteiger partial charge in [0.1, 0.15) is 12.4 Å². The minimum absolute atomic E-state index is 0.207. The van der Waals surface area contributed by atoms with Crippen LogP contribution in [-0.2, 0) is 10.0 Å². The first kappa shape index (κ1) is 20.4. The predicted molar refractivity (Wildman–Crippen MR) is 108 cm³/mol. The molecule has 1 N–H and O–H groups in total. The van der Waals surface area contributed by atoms with E-state index in [4.69, 9.17) is 4.74 Å². The van der Waals surface area contributed by atoms with E-state index in [1.165, 1.54) is 10.4 Å². The number of hydrogen-bond acceptors (Lipinski definition) is 4. The third-order valence-corrected chi connectivity index (χ3v) is 6.91. The Morgan fingerprint density at radius 1 is 1.07 bits per heavy atom. The van der Waals surface area contributed by atoms with E-state index in [-0.39, 0.29) is 10.8 Å². The van der Waals surface area contributed by atoms with Gasteiger partial charge in [-0.15, -0.1) is 0 Å². The zero-order valence-electron chi connectivity index (χ0n) is 16.3. The molecular formula is C21H26N2O4S. The number of nitrogens with zero attached hydrogens (tertiary/aromatic N) is 1. The summed E-state index contributed by atoms with van der Waals surface area (Å²) in [4.78, 5) is 12.7. The summed E-state index contributed by atoms with van der Waals surface area (Å²) in [6, 6.07) is 12.5. The third kappa shape index (κ3) is 4.54. The Bertz CT molecular complexity index is 951. The Kier molecular flexibility index (Phi) is 6.36. The highest BCUT2D eigenvalue weighted by Crippen LogP contribution is 2.24. The summed E-state index contributed by atoms with van der Waals surface area (Å²) < 4.78 is 32.9. The van der Waals surface area contributed by atoms with Crippen LogP contribution in [-0.4, -0.2) is 44.9 Å². The molecule has 1 amide bonds. The average Bonchev–Trinajstić information content (AvgIpc) is 3.22. The van der Waals surface area contributed by atoms with Crippen LogP contribution >= 0.6 is 0 Å². The van der Waals surface area contributed by atoms with Crippen LogP contribution in [0.3, 0.4) is 0 Å². The molecule has 2 aromatic carbocycles. The van der Waals surface area contributed by atoms with Gasteiger partial charge in [-0.05, 0) is 56.0 Å². The van der Waals surface area contributed by atoms with Crippen molar-refractivity contribution in [1.29, 1.82) is 0 Å². The number of nitrogens with one attached hydrogen (secondary N) is 1. The van der Waals surface area contributed by atoms with Gasteiger partial charge in [-0.25, -0.2) is 8.42 Å². The molecule has 1 saturated heterocycles. The zero-order valence-corrected chi connectivity index (χ0v) is 17.1. The van der Waals surface area contributed by atoms with Gasteiger partial charge in [0.15, 0.2) is 0 Å². The normalized spacial score (nSPS) is 14.8. The summed E-state index contributed by atoms with van der Waals surface area (Å²) in [6.45, 7) is 5.45. The van der Waals surface area contributed by atoms with Crippen LogP contribution in [0.1, 0.15) is 34.3 Å². The lowest BCUT2D eigenvalue weighted by Crippen LogP contribution is -2.30. The largest absolute Gasteiger partial charge is 0.491 e. The Morgan fingerprint density at radius 2 is 1.79 bits per heavy atom. The topological polar surface area (TPSA) is 75.7 Å². The molecule has 7 heteroatoms. The number of sulfonamides is 1. The maximum atomic E-state index is 12.9. The van der Waals surface area contributed by atoms with Crippen LogP contribution in [0.15, 0.2) is 47.4 Å². The molecule has 3 rings (SSSR count). The Morgan fingerprint density at radius 3 is 2.50 bits per heavy atom. The van der Waals surface area contributed by atoms with Crippen LogP contribution in [0.25, 0.3) is 0 Å². The quantitative estimate of drug-likeness (QED) is 0.723. The smallest absolute Gasteiger partial charge is 0.251 e. The van der Waals surface area contributed by atoms with Crippen molar-refractivity contribution >= 4 is 15.9 Å². The molecule has 0 atom stereocenters. The van der Waals surface area contributed by atoms with Crippen LogP contribution in [0.4, 0.5) is 0 Å². The molecule has 28 heavy (non-hydrogen) atoms. The van der Waals surface area contributed by atoms with E-state index in [9.17, 15) is 13.2 Å². The number of aryl methyl sites for hydroxylation is 2. The molecule has 0 saturated carbocycles. The second-order valence-electron chi connectivity index (χ2n) is 6.96. The Balaban J connectivity index is 1.63. The van der Waals surface area contributed by atoms with E-state index in [1.807, 2.05) is 31.2 Å². The monoisotopic (exact) mass is 402 g/mol. The number of carbonyl (C=O) groups is 1. The van der Waals surface area contributed by atoms with E-state index >= 15 is 0 Å². The number of rotatable bonds is 7. The summed E-state index contributed by atoms with van der Waals surface area (Å²) in [5.74, 6) is 0.470. The van der Waals surface area contributed by atoms with Gasteiger partial charge in [0.25, 0.3) is 5.91 Å². The molecule has 0 spiro atoms. The van der Waals surface area contributed by atoms with E-state index in [0.717, 1.165) is 24.2 Å². The molecular weight excluding hydrogens is 376 g/mol. The first-order valence-corrected chi connectivity index (χ1v) is 10.9. The number of para-hydroxylation sites is 1. The number of ether oxygens (including phenoxy) is 1. The average molecular weight is 403 g/mol. The summed E-state index contributed by atoms with van der Waals surface area (Å²) in [6.07, 6.45) is 1.75. The lowest BCUT2D eigenvalue weighted by molar-refractivity contribution is 0.0946. The molecule has 1 aliphatic rings. The van der Waals surface area contributed by atoms with Crippen molar-refractivity contribution in [2.45, 2.75) is 31.6 Å². The highest BCUT2D eigenvalue weighted by atomic mass is 32.2. The van der Waals surface area contributed by atoms with E-state index in [0.29, 0.717) is 37.4 Å². The molecule has 150 valence electrons. The lowest BCUT2D eigenvalue weighted by Gasteiger charge is -2.18. The molecule has 1 heterocycles. The van der Waals surface area contributed by atoms with Gasteiger partial charge < -0.3 is 10.1 Å². The van der Waals surface area contributed by atoms with Crippen LogP contribution in [0.5, 0.6) is 5.75 Å². The first-order valence-electron chi connectivity index (χ1n) is 9.47. The van der Waals surface area contributed by atoms with Crippen molar-refractivity contribution < 1.29 is 17.9 Å². The minimum Gasteiger partial charge on any atom is -0.491 e. The standard InChI is InChI=1S/C21H26N2O4S/c1-16-7-3-4-8-19(16)27-14-11-22-21(24)18-10-9-17(2)20(15-18)28(25,26)23-12-5-6-13-23/h3-4,7-10,15H,5-6,11-14H2,1-2H3,(H,22,24). The number of carbonyl (C=O) groups excluding carboxylic acids is 1. The Hall–Kier alpha value is -2.38. The van der Waals surface area contributed by atoms with E-state index in [2.05, 4.69) is 5.32 Å². The first-order chi connectivity index (χ1) is 13.4. The number of hydrogen-bond donors (Lipinski definition) is 1. The van der Waals surface area contributed by atoms with Crippen LogP contribution < -0.4 is 10.1 Å². The molecule has 0 aliphatic carbocycles. The number of benzene rings is 2. The Labute approximate surface area is 166 Å². The van der Waals surface area contributed by atoms with Gasteiger partial charge in [-0.3, -0.25) is 4.79 Å². The van der Waals surface area contributed by atoms with Crippen molar-refractivity contribution in [3.8, 4) is 5.75 Å². The molecule has 0 aromatic heterocycles. The fourth-order valence-corrected chi connectivity index (χ4v) is 5.00. The van der Waals surface area contributed by atoms with Crippen LogP contribution in [0.2, 0.25) is 0 Å². The summed E-state index contributed by atoms with van der Waals surface area (Å²) in [5, 5.41) is 2.78. The van der Waals surface area contributed by atoms with Crippen LogP contribution in [0, 0.1) is 13.8 Å². The zero-order chi connectivity index (χ0) is 20.1. The molecule has 0 radical (unpaired) electrons. The second-order valence-corrected chi connectivity index (χ2v) is 8.87. The van der Waals surface area contributed by atoms with Gasteiger partial charge in [-0.2, -0.15) is 4.31 Å². The fraction of sp³-hybridized carbons (Fsp3) is 0.381. The number of amides is 1. The SMILES string of the molecule is Cc1ccccc1OCCNC(=O)c1ccc(C)c(S(=O)(=O)N2CCCC2)c1. The summed E-state index contributed by atoms with van der Waals surface area (Å²) in [7, 11) is -3.56. The van der Waals surface area contributed by atoms with Crippen molar-refractivity contribution in [2.75, 3.05) is 26.2 Å². The van der Waals surface area contributed by atoms with E-state index in [1.54, 1.807) is 19.1 Å². The minimum atomic E-state index is -3.56. The highest BCUT2D eigenvalue weighted by Gasteiger charge is 2.29. The molecule has 0 bridgehead atoms.